The zero-order valence-corrected chi connectivity index (χ0v) is 11.1. The molecule has 1 amide bonds. The minimum Gasteiger partial charge on any atom is -0.465 e. The summed E-state index contributed by atoms with van der Waals surface area (Å²) in [7, 11) is 0. The Hall–Kier alpha value is -1.000. The van der Waals surface area contributed by atoms with Crippen molar-refractivity contribution in [3.63, 3.8) is 0 Å². The molecule has 0 saturated heterocycles. The van der Waals surface area contributed by atoms with Gasteiger partial charge in [-0.15, -0.1) is 11.6 Å². The van der Waals surface area contributed by atoms with E-state index < -0.39 is 12.1 Å². The predicted molar refractivity (Wildman–Crippen MR) is 67.5 cm³/mol. The predicted octanol–water partition coefficient (Wildman–Crippen LogP) is 3.44. The van der Waals surface area contributed by atoms with Gasteiger partial charge in [0.15, 0.2) is 0 Å². The van der Waals surface area contributed by atoms with Crippen molar-refractivity contribution in [3.05, 3.63) is 28.5 Å². The van der Waals surface area contributed by atoms with Crippen LogP contribution >= 0.6 is 23.2 Å². The highest BCUT2D eigenvalue weighted by Crippen LogP contribution is 2.26. The van der Waals surface area contributed by atoms with Crippen molar-refractivity contribution in [2.45, 2.75) is 25.8 Å². The van der Waals surface area contributed by atoms with E-state index in [-0.39, 0.29) is 11.8 Å². The molecule has 4 nitrogen and oxygen atoms in total. The molecular formula is C11H14Cl2N2O2. The van der Waals surface area contributed by atoms with E-state index in [2.05, 4.69) is 10.3 Å². The Bertz CT molecular complexity index is 410. The molecule has 1 rings (SSSR count). The molecule has 0 bridgehead atoms. The van der Waals surface area contributed by atoms with Gasteiger partial charge in [0, 0.05) is 12.1 Å². The second kappa shape index (κ2) is 6.07. The molecule has 94 valence electrons. The fourth-order valence-electron chi connectivity index (χ4n) is 1.56. The number of carbonyl (C=O) groups is 1. The van der Waals surface area contributed by atoms with Crippen LogP contribution < -0.4 is 5.32 Å². The molecule has 0 aliphatic heterocycles. The lowest BCUT2D eigenvalue weighted by Gasteiger charge is -2.22. The number of hydrogen-bond donors (Lipinski definition) is 2. The van der Waals surface area contributed by atoms with Crippen LogP contribution in [-0.4, -0.2) is 16.2 Å². The van der Waals surface area contributed by atoms with Crippen molar-refractivity contribution in [1.82, 2.24) is 10.3 Å². The number of alkyl halides is 1. The molecule has 0 aliphatic carbocycles. The maximum Gasteiger partial charge on any atom is 0.405 e. The Kier molecular flexibility index (Phi) is 5.02. The molecule has 0 fully saturated rings. The third kappa shape index (κ3) is 3.75. The maximum atomic E-state index is 10.8. The summed E-state index contributed by atoms with van der Waals surface area (Å²) in [5, 5.41) is 11.7. The standard InChI is InChI=1S/C11H14Cl2N2O2/c1-6(2)9(15-11(16)17)10-7(4-12)3-8(13)5-14-10/h3,5-6,9,15H,4H2,1-2H3,(H,16,17)/t9-/m0/s1. The highest BCUT2D eigenvalue weighted by atomic mass is 35.5. The lowest BCUT2D eigenvalue weighted by molar-refractivity contribution is 0.185. The number of nitrogens with zero attached hydrogens (tertiary/aromatic N) is 1. The third-order valence-electron chi connectivity index (χ3n) is 2.35. The van der Waals surface area contributed by atoms with E-state index in [1.165, 1.54) is 6.20 Å². The first-order valence-corrected chi connectivity index (χ1v) is 6.06. The van der Waals surface area contributed by atoms with Crippen LogP contribution in [0.3, 0.4) is 0 Å². The number of halogens is 2. The Morgan fingerprint density at radius 3 is 2.71 bits per heavy atom. The van der Waals surface area contributed by atoms with Gasteiger partial charge in [-0.2, -0.15) is 0 Å². The van der Waals surface area contributed by atoms with Gasteiger partial charge in [0.2, 0.25) is 0 Å². The lowest BCUT2D eigenvalue weighted by atomic mass is 9.97. The molecule has 17 heavy (non-hydrogen) atoms. The zero-order chi connectivity index (χ0) is 13.0. The van der Waals surface area contributed by atoms with E-state index in [1.807, 2.05) is 13.8 Å². The van der Waals surface area contributed by atoms with Gasteiger partial charge >= 0.3 is 6.09 Å². The molecule has 0 unspecified atom stereocenters. The topological polar surface area (TPSA) is 62.2 Å². The number of nitrogens with one attached hydrogen (secondary N) is 1. The summed E-state index contributed by atoms with van der Waals surface area (Å²) in [6, 6.07) is 1.31. The van der Waals surface area contributed by atoms with E-state index in [4.69, 9.17) is 28.3 Å². The molecule has 1 atom stereocenters. The van der Waals surface area contributed by atoms with Crippen molar-refractivity contribution in [2.24, 2.45) is 5.92 Å². The summed E-state index contributed by atoms with van der Waals surface area (Å²) in [4.78, 5) is 14.9. The Balaban J connectivity index is 3.13. The Morgan fingerprint density at radius 1 is 1.59 bits per heavy atom. The van der Waals surface area contributed by atoms with E-state index in [1.54, 1.807) is 6.07 Å². The molecule has 0 saturated carbocycles. The SMILES string of the molecule is CC(C)[C@H](NC(=O)O)c1ncc(Cl)cc1CCl. The largest absolute Gasteiger partial charge is 0.465 e. The second-order valence-electron chi connectivity index (χ2n) is 4.00. The first-order valence-electron chi connectivity index (χ1n) is 5.15. The minimum absolute atomic E-state index is 0.0711. The van der Waals surface area contributed by atoms with Crippen LogP contribution in [0.25, 0.3) is 0 Å². The van der Waals surface area contributed by atoms with Crippen molar-refractivity contribution in [1.29, 1.82) is 0 Å². The number of carboxylic acid groups (broad SMARTS) is 1. The fourth-order valence-corrected chi connectivity index (χ4v) is 1.96. The first kappa shape index (κ1) is 14.1. The normalized spacial score (nSPS) is 12.5. The van der Waals surface area contributed by atoms with Crippen LogP contribution in [0.5, 0.6) is 0 Å². The average molecular weight is 277 g/mol. The summed E-state index contributed by atoms with van der Waals surface area (Å²) < 4.78 is 0. The summed E-state index contributed by atoms with van der Waals surface area (Å²) in [6.45, 7) is 3.82. The molecule has 2 N–H and O–H groups in total. The van der Waals surface area contributed by atoms with Crippen molar-refractivity contribution >= 4 is 29.3 Å². The smallest absolute Gasteiger partial charge is 0.405 e. The van der Waals surface area contributed by atoms with E-state index >= 15 is 0 Å². The molecule has 0 aromatic carbocycles. The summed E-state index contributed by atoms with van der Waals surface area (Å²) >= 11 is 11.6. The molecule has 1 aromatic heterocycles. The molecule has 0 aliphatic rings. The second-order valence-corrected chi connectivity index (χ2v) is 4.71. The summed E-state index contributed by atoms with van der Waals surface area (Å²) in [6.07, 6.45) is 0.409. The minimum atomic E-state index is -1.08. The van der Waals surface area contributed by atoms with Crippen molar-refractivity contribution < 1.29 is 9.90 Å². The Morgan fingerprint density at radius 2 is 2.24 bits per heavy atom. The van der Waals surface area contributed by atoms with Crippen LogP contribution in [0.2, 0.25) is 5.02 Å². The number of hydrogen-bond acceptors (Lipinski definition) is 2. The van der Waals surface area contributed by atoms with Gasteiger partial charge in [-0.3, -0.25) is 4.98 Å². The van der Waals surface area contributed by atoms with E-state index in [0.717, 1.165) is 5.56 Å². The number of pyridine rings is 1. The fraction of sp³-hybridized carbons (Fsp3) is 0.455. The van der Waals surface area contributed by atoms with Crippen molar-refractivity contribution in [3.8, 4) is 0 Å². The van der Waals surface area contributed by atoms with Gasteiger partial charge in [0.05, 0.1) is 16.8 Å². The van der Waals surface area contributed by atoms with Gasteiger partial charge in [0.1, 0.15) is 0 Å². The Labute approximate surface area is 110 Å². The van der Waals surface area contributed by atoms with E-state index in [9.17, 15) is 4.79 Å². The quantitative estimate of drug-likeness (QED) is 0.829. The highest BCUT2D eigenvalue weighted by Gasteiger charge is 2.22. The van der Waals surface area contributed by atoms with Gasteiger partial charge < -0.3 is 10.4 Å². The molecule has 0 spiro atoms. The van der Waals surface area contributed by atoms with Crippen molar-refractivity contribution in [2.75, 3.05) is 0 Å². The molecule has 1 aromatic rings. The van der Waals surface area contributed by atoms with Crippen LogP contribution in [0.1, 0.15) is 31.1 Å². The molecule has 0 radical (unpaired) electrons. The highest BCUT2D eigenvalue weighted by molar-refractivity contribution is 6.30. The number of amides is 1. The van der Waals surface area contributed by atoms with Gasteiger partial charge in [-0.1, -0.05) is 25.4 Å². The number of aromatic nitrogens is 1. The van der Waals surface area contributed by atoms with Crippen LogP contribution in [0.4, 0.5) is 4.79 Å². The van der Waals surface area contributed by atoms with Crippen LogP contribution in [0.15, 0.2) is 12.3 Å². The zero-order valence-electron chi connectivity index (χ0n) is 9.58. The monoisotopic (exact) mass is 276 g/mol. The first-order chi connectivity index (χ1) is 7.95. The molecule has 6 heteroatoms. The summed E-state index contributed by atoms with van der Waals surface area (Å²) in [5.74, 6) is 0.315. The lowest BCUT2D eigenvalue weighted by Crippen LogP contribution is -2.31. The van der Waals surface area contributed by atoms with Crippen LogP contribution in [-0.2, 0) is 5.88 Å². The third-order valence-corrected chi connectivity index (χ3v) is 2.85. The molecule has 1 heterocycles. The van der Waals surface area contributed by atoms with E-state index in [0.29, 0.717) is 10.7 Å². The maximum absolute atomic E-state index is 10.8. The van der Waals surface area contributed by atoms with Crippen LogP contribution in [0, 0.1) is 5.92 Å². The average Bonchev–Trinajstić information content (AvgIpc) is 2.25. The van der Waals surface area contributed by atoms with Gasteiger partial charge in [-0.05, 0) is 17.5 Å². The van der Waals surface area contributed by atoms with Gasteiger partial charge in [-0.25, -0.2) is 4.79 Å². The molecular weight excluding hydrogens is 263 g/mol. The van der Waals surface area contributed by atoms with Gasteiger partial charge in [0.25, 0.3) is 0 Å². The summed E-state index contributed by atoms with van der Waals surface area (Å²) in [5.41, 5.74) is 1.37. The number of rotatable bonds is 4.